The summed E-state index contributed by atoms with van der Waals surface area (Å²) in [5.74, 6) is 0. The fourth-order valence-corrected chi connectivity index (χ4v) is 5.88. The highest BCUT2D eigenvalue weighted by molar-refractivity contribution is 8.90. The average Bonchev–Trinajstić information content (AvgIpc) is 2.59. The number of rotatable bonds is 0. The second-order valence-corrected chi connectivity index (χ2v) is 9.70. The van der Waals surface area contributed by atoms with E-state index in [1.807, 2.05) is 0 Å². The fraction of sp³-hybridized carbons (Fsp3) is 0.714. The van der Waals surface area contributed by atoms with Gasteiger partial charge in [0.25, 0.3) is 0 Å². The molecular formula is C14H20N2S6. The molecule has 22 heavy (non-hydrogen) atoms. The van der Waals surface area contributed by atoms with Crippen molar-refractivity contribution < 1.29 is 0 Å². The first kappa shape index (κ1) is 19.0. The predicted octanol–water partition coefficient (Wildman–Crippen LogP) is 4.65. The minimum atomic E-state index is 0.755. The molecule has 0 aliphatic carbocycles. The number of hydrogen-bond donors (Lipinski definition) is 0. The van der Waals surface area contributed by atoms with Gasteiger partial charge in [-0.05, 0) is 60.1 Å². The van der Waals surface area contributed by atoms with Gasteiger partial charge in [0.2, 0.25) is 0 Å². The van der Waals surface area contributed by atoms with Gasteiger partial charge in [0, 0.05) is 26.2 Å². The Kier molecular flexibility index (Phi) is 8.49. The molecule has 0 saturated carbocycles. The fourth-order valence-electron chi connectivity index (χ4n) is 2.60. The molecule has 0 atom stereocenters. The summed E-state index contributed by atoms with van der Waals surface area (Å²) < 4.78 is 1.51. The molecule has 122 valence electrons. The van der Waals surface area contributed by atoms with Crippen molar-refractivity contribution in [1.29, 1.82) is 0 Å². The molecule has 2 fully saturated rings. The quantitative estimate of drug-likeness (QED) is 0.417. The topological polar surface area (TPSA) is 6.48 Å². The smallest absolute Gasteiger partial charge is 0.127 e. The summed E-state index contributed by atoms with van der Waals surface area (Å²) in [6, 6.07) is 0. The second-order valence-electron chi connectivity index (χ2n) is 5.45. The van der Waals surface area contributed by atoms with Crippen molar-refractivity contribution in [2.75, 3.05) is 26.2 Å². The van der Waals surface area contributed by atoms with Crippen LogP contribution in [-0.2, 0) is 0 Å². The molecule has 8 heteroatoms. The Hall–Kier alpha value is 0.660. The Balaban J connectivity index is 1.75. The molecule has 0 aromatic heterocycles. The van der Waals surface area contributed by atoms with Gasteiger partial charge < -0.3 is 9.80 Å². The van der Waals surface area contributed by atoms with Crippen molar-refractivity contribution in [3.05, 3.63) is 0 Å². The molecule has 2 rings (SSSR count). The molecule has 0 amide bonds. The molecular weight excluding hydrogens is 389 g/mol. The van der Waals surface area contributed by atoms with Gasteiger partial charge >= 0.3 is 0 Å². The summed E-state index contributed by atoms with van der Waals surface area (Å²) in [7, 11) is 2.98. The minimum absolute atomic E-state index is 0.755. The standard InChI is InChI=1S/C14H20N2S6/c17-11(15-7-3-1-4-8-15)13(19)21-22-14(20)12(18)16-9-5-2-6-10-16/h1-10H2. The molecule has 2 aliphatic rings. The SMILES string of the molecule is S=C(SSC(=S)C(=S)N1CCCCC1)C(=S)N1CCCCC1. The Morgan fingerprint density at radius 2 is 0.864 bits per heavy atom. The van der Waals surface area contributed by atoms with Crippen molar-refractivity contribution in [1.82, 2.24) is 9.80 Å². The van der Waals surface area contributed by atoms with E-state index in [-0.39, 0.29) is 0 Å². The van der Waals surface area contributed by atoms with Crippen molar-refractivity contribution in [3.63, 3.8) is 0 Å². The van der Waals surface area contributed by atoms with Crippen LogP contribution in [0.15, 0.2) is 0 Å². The number of nitrogens with zero attached hydrogens (tertiary/aromatic N) is 2. The van der Waals surface area contributed by atoms with Crippen LogP contribution in [0.25, 0.3) is 0 Å². The van der Waals surface area contributed by atoms with Crippen LogP contribution in [0.1, 0.15) is 38.5 Å². The molecule has 2 nitrogen and oxygen atoms in total. The van der Waals surface area contributed by atoms with E-state index >= 15 is 0 Å². The summed E-state index contributed by atoms with van der Waals surface area (Å²) in [5, 5.41) is 0. The maximum atomic E-state index is 5.50. The highest BCUT2D eigenvalue weighted by Crippen LogP contribution is 2.29. The summed E-state index contributed by atoms with van der Waals surface area (Å²) in [5.41, 5.74) is 0. The molecule has 2 saturated heterocycles. The van der Waals surface area contributed by atoms with Crippen LogP contribution in [0.3, 0.4) is 0 Å². The van der Waals surface area contributed by atoms with Gasteiger partial charge in [0.05, 0.1) is 0 Å². The van der Waals surface area contributed by atoms with Crippen molar-refractivity contribution >= 4 is 88.8 Å². The van der Waals surface area contributed by atoms with Gasteiger partial charge in [-0.3, -0.25) is 0 Å². The Labute approximate surface area is 162 Å². The number of thiocarbonyl (C=S) groups is 4. The molecule has 0 spiro atoms. The second kappa shape index (κ2) is 9.84. The van der Waals surface area contributed by atoms with E-state index in [0.717, 1.165) is 44.5 Å². The lowest BCUT2D eigenvalue weighted by atomic mass is 10.1. The van der Waals surface area contributed by atoms with E-state index in [4.69, 9.17) is 48.9 Å². The summed E-state index contributed by atoms with van der Waals surface area (Å²) in [6.45, 7) is 4.11. The zero-order valence-electron chi connectivity index (χ0n) is 12.4. The van der Waals surface area contributed by atoms with Crippen molar-refractivity contribution in [3.8, 4) is 0 Å². The van der Waals surface area contributed by atoms with E-state index in [9.17, 15) is 0 Å². The molecule has 2 heterocycles. The van der Waals surface area contributed by atoms with E-state index < -0.39 is 0 Å². The lowest BCUT2D eigenvalue weighted by Gasteiger charge is -2.30. The van der Waals surface area contributed by atoms with Gasteiger partial charge in [-0.15, -0.1) is 0 Å². The molecule has 2 aliphatic heterocycles. The summed E-state index contributed by atoms with van der Waals surface area (Å²) in [6.07, 6.45) is 7.41. The third-order valence-corrected chi connectivity index (χ3v) is 8.81. The molecule has 0 aromatic rings. The molecule has 0 aromatic carbocycles. The first-order valence-electron chi connectivity index (χ1n) is 7.60. The average molecular weight is 409 g/mol. The first-order chi connectivity index (χ1) is 10.6. The maximum absolute atomic E-state index is 5.50. The largest absolute Gasteiger partial charge is 0.361 e. The number of piperidine rings is 2. The zero-order valence-corrected chi connectivity index (χ0v) is 17.3. The van der Waals surface area contributed by atoms with Gasteiger partial charge in [-0.1, -0.05) is 48.9 Å². The Morgan fingerprint density at radius 3 is 1.18 bits per heavy atom. The molecule has 0 unspecified atom stereocenters. The third kappa shape index (κ3) is 5.63. The van der Waals surface area contributed by atoms with Crippen LogP contribution in [-0.4, -0.2) is 54.3 Å². The first-order valence-corrected chi connectivity index (χ1v) is 11.4. The number of likely N-dealkylation sites (tertiary alicyclic amines) is 2. The lowest BCUT2D eigenvalue weighted by molar-refractivity contribution is 0.351. The van der Waals surface area contributed by atoms with E-state index in [0.29, 0.717) is 0 Å². The summed E-state index contributed by atoms with van der Waals surface area (Å²) in [4.78, 5) is 6.05. The van der Waals surface area contributed by atoms with E-state index in [1.54, 1.807) is 0 Å². The summed E-state index contributed by atoms with van der Waals surface area (Å²) >= 11 is 21.9. The molecule has 0 radical (unpaired) electrons. The van der Waals surface area contributed by atoms with Gasteiger partial charge in [0.1, 0.15) is 18.4 Å². The maximum Gasteiger partial charge on any atom is 0.127 e. The zero-order chi connectivity index (χ0) is 15.9. The minimum Gasteiger partial charge on any atom is -0.361 e. The van der Waals surface area contributed by atoms with Crippen LogP contribution in [0, 0.1) is 0 Å². The third-order valence-electron chi connectivity index (χ3n) is 3.83. The monoisotopic (exact) mass is 408 g/mol. The van der Waals surface area contributed by atoms with Crippen LogP contribution < -0.4 is 0 Å². The molecule has 0 bridgehead atoms. The number of hydrogen-bond acceptors (Lipinski definition) is 6. The Bertz CT molecular complexity index is 410. The van der Waals surface area contributed by atoms with E-state index in [2.05, 4.69) is 9.80 Å². The predicted molar refractivity (Wildman–Crippen MR) is 116 cm³/mol. The highest BCUT2D eigenvalue weighted by atomic mass is 33.1. The van der Waals surface area contributed by atoms with Crippen LogP contribution in [0.5, 0.6) is 0 Å². The van der Waals surface area contributed by atoms with Crippen LogP contribution >= 0.6 is 70.5 Å². The van der Waals surface area contributed by atoms with Crippen LogP contribution in [0.2, 0.25) is 0 Å². The van der Waals surface area contributed by atoms with Crippen molar-refractivity contribution in [2.45, 2.75) is 38.5 Å². The highest BCUT2D eigenvalue weighted by Gasteiger charge is 2.21. The normalized spacial score (nSPS) is 18.9. The lowest BCUT2D eigenvalue weighted by Crippen LogP contribution is -2.38. The molecule has 0 N–H and O–H groups in total. The van der Waals surface area contributed by atoms with Crippen molar-refractivity contribution in [2.24, 2.45) is 0 Å². The van der Waals surface area contributed by atoms with Crippen LogP contribution in [0.4, 0.5) is 0 Å². The van der Waals surface area contributed by atoms with Gasteiger partial charge in [-0.25, -0.2) is 0 Å². The Morgan fingerprint density at radius 1 is 0.545 bits per heavy atom. The van der Waals surface area contributed by atoms with Gasteiger partial charge in [0.15, 0.2) is 0 Å². The van der Waals surface area contributed by atoms with Gasteiger partial charge in [-0.2, -0.15) is 0 Å². The van der Waals surface area contributed by atoms with E-state index in [1.165, 1.54) is 60.1 Å².